The molecule has 158 valence electrons. The van der Waals surface area contributed by atoms with Gasteiger partial charge in [-0.3, -0.25) is 10.1 Å². The zero-order valence-corrected chi connectivity index (χ0v) is 17.3. The highest BCUT2D eigenvalue weighted by molar-refractivity contribution is 6.03. The summed E-state index contributed by atoms with van der Waals surface area (Å²) in [4.78, 5) is 24.2. The molecule has 2 aromatic carbocycles. The Morgan fingerprint density at radius 1 is 1.10 bits per heavy atom. The summed E-state index contributed by atoms with van der Waals surface area (Å²) >= 11 is 0. The number of amides is 2. The van der Waals surface area contributed by atoms with E-state index in [-0.39, 0.29) is 5.91 Å². The number of methoxy groups -OCH3 is 2. The molecule has 0 bridgehead atoms. The van der Waals surface area contributed by atoms with Crippen LogP contribution >= 0.6 is 0 Å². The Bertz CT molecular complexity index is 940. The van der Waals surface area contributed by atoms with Crippen LogP contribution in [0.15, 0.2) is 47.6 Å². The van der Waals surface area contributed by atoms with Crippen LogP contribution in [0.5, 0.6) is 11.5 Å². The quantitative estimate of drug-likeness (QED) is 0.778. The zero-order valence-electron chi connectivity index (χ0n) is 17.3. The van der Waals surface area contributed by atoms with Crippen molar-refractivity contribution in [3.05, 3.63) is 53.6 Å². The van der Waals surface area contributed by atoms with Crippen LogP contribution in [0, 0.1) is 0 Å². The minimum Gasteiger partial charge on any atom is -0.493 e. The largest absolute Gasteiger partial charge is 0.493 e. The second-order valence-corrected chi connectivity index (χ2v) is 6.57. The molecule has 1 aliphatic heterocycles. The average molecular weight is 411 g/mol. The molecule has 0 aliphatic carbocycles. The molecule has 8 nitrogen and oxygen atoms in total. The predicted octanol–water partition coefficient (Wildman–Crippen LogP) is 3.91. The number of hydrogen-bond donors (Lipinski definition) is 1. The van der Waals surface area contributed by atoms with Crippen LogP contribution in [0.4, 0.5) is 10.5 Å². The molecule has 0 radical (unpaired) electrons. The van der Waals surface area contributed by atoms with E-state index < -0.39 is 6.09 Å². The van der Waals surface area contributed by atoms with Crippen molar-refractivity contribution in [2.75, 3.05) is 32.7 Å². The minimum atomic E-state index is -0.565. The van der Waals surface area contributed by atoms with Crippen molar-refractivity contribution in [3.63, 3.8) is 0 Å². The highest BCUT2D eigenvalue weighted by atomic mass is 16.5. The summed E-state index contributed by atoms with van der Waals surface area (Å²) in [5, 5.41) is 8.62. The van der Waals surface area contributed by atoms with E-state index in [9.17, 15) is 9.59 Å². The molecule has 3 rings (SSSR count). The lowest BCUT2D eigenvalue weighted by Gasteiger charge is -2.24. The fraction of sp³-hybridized carbons (Fsp3) is 0.318. The first-order chi connectivity index (χ1) is 14.5. The third-order valence-corrected chi connectivity index (χ3v) is 4.62. The van der Waals surface area contributed by atoms with E-state index in [4.69, 9.17) is 9.47 Å². The van der Waals surface area contributed by atoms with Crippen LogP contribution in [-0.2, 0) is 4.74 Å². The number of hydrazone groups is 1. The van der Waals surface area contributed by atoms with Crippen LogP contribution in [0.1, 0.15) is 35.7 Å². The number of benzene rings is 2. The fourth-order valence-corrected chi connectivity index (χ4v) is 3.13. The third kappa shape index (κ3) is 4.89. The minimum absolute atomic E-state index is 0.199. The summed E-state index contributed by atoms with van der Waals surface area (Å²) in [7, 11) is 2.89. The first-order valence-electron chi connectivity index (χ1n) is 9.71. The van der Waals surface area contributed by atoms with Gasteiger partial charge in [-0.2, -0.15) is 5.10 Å². The highest BCUT2D eigenvalue weighted by Gasteiger charge is 2.21. The van der Waals surface area contributed by atoms with Gasteiger partial charge >= 0.3 is 6.09 Å². The number of nitrogens with one attached hydrogen (secondary N) is 1. The second-order valence-electron chi connectivity index (χ2n) is 6.57. The summed E-state index contributed by atoms with van der Waals surface area (Å²) in [6.07, 6.45) is 1.01. The van der Waals surface area contributed by atoms with Gasteiger partial charge in [0.2, 0.25) is 0 Å². The first-order valence-corrected chi connectivity index (χ1v) is 9.71. The number of carbonyl (C=O) groups is 2. The topological polar surface area (TPSA) is 89.5 Å². The van der Waals surface area contributed by atoms with Gasteiger partial charge < -0.3 is 14.2 Å². The van der Waals surface area contributed by atoms with Gasteiger partial charge in [0.25, 0.3) is 5.91 Å². The van der Waals surface area contributed by atoms with E-state index in [2.05, 4.69) is 15.2 Å². The van der Waals surface area contributed by atoms with Gasteiger partial charge in [-0.05, 0) is 62.2 Å². The Kier molecular flexibility index (Phi) is 6.90. The molecular formula is C22H25N3O5. The summed E-state index contributed by atoms with van der Waals surface area (Å²) in [5.74, 6) is 1.11. The molecule has 0 saturated heterocycles. The van der Waals surface area contributed by atoms with Crippen molar-refractivity contribution < 1.29 is 23.8 Å². The van der Waals surface area contributed by atoms with Crippen molar-refractivity contribution >= 4 is 23.4 Å². The van der Waals surface area contributed by atoms with Gasteiger partial charge in [0.05, 0.1) is 26.5 Å². The standard InChI is InChI=1S/C22H25N3O5/c1-4-30-20-14-16(9-12-19(20)28-2)18-6-5-13-25(24-18)21(26)15-7-10-17(11-8-15)23-22(27)29-3/h7-12,14H,4-6,13H2,1-3H3,(H,23,27). The van der Waals surface area contributed by atoms with Gasteiger partial charge in [-0.15, -0.1) is 0 Å². The molecule has 0 fully saturated rings. The maximum Gasteiger partial charge on any atom is 0.411 e. The van der Waals surface area contributed by atoms with Crippen molar-refractivity contribution in [3.8, 4) is 11.5 Å². The van der Waals surface area contributed by atoms with Crippen LogP contribution in [0.2, 0.25) is 0 Å². The molecule has 0 saturated carbocycles. The number of carbonyl (C=O) groups excluding carboxylic acids is 2. The Hall–Kier alpha value is -3.55. The zero-order chi connectivity index (χ0) is 21.5. The van der Waals surface area contributed by atoms with E-state index in [0.717, 1.165) is 24.1 Å². The van der Waals surface area contributed by atoms with E-state index in [1.165, 1.54) is 12.1 Å². The highest BCUT2D eigenvalue weighted by Crippen LogP contribution is 2.29. The van der Waals surface area contributed by atoms with Crippen LogP contribution < -0.4 is 14.8 Å². The molecule has 1 N–H and O–H groups in total. The van der Waals surface area contributed by atoms with E-state index in [1.807, 2.05) is 25.1 Å². The van der Waals surface area contributed by atoms with Crippen molar-refractivity contribution in [1.29, 1.82) is 0 Å². The number of ether oxygens (including phenoxy) is 3. The SMILES string of the molecule is CCOc1cc(C2=NN(C(=O)c3ccc(NC(=O)OC)cc3)CCC2)ccc1OC. The van der Waals surface area contributed by atoms with Crippen molar-refractivity contribution in [1.82, 2.24) is 5.01 Å². The molecule has 2 amide bonds. The number of rotatable bonds is 6. The second kappa shape index (κ2) is 9.78. The summed E-state index contributed by atoms with van der Waals surface area (Å²) in [6, 6.07) is 12.3. The smallest absolute Gasteiger partial charge is 0.411 e. The molecule has 0 unspecified atom stereocenters. The maximum atomic E-state index is 12.9. The summed E-state index contributed by atoms with van der Waals surface area (Å²) in [6.45, 7) is 2.98. The van der Waals surface area contributed by atoms with Crippen LogP contribution in [0.25, 0.3) is 0 Å². The van der Waals surface area contributed by atoms with E-state index in [0.29, 0.717) is 35.9 Å². The number of anilines is 1. The molecule has 0 atom stereocenters. The molecule has 1 heterocycles. The van der Waals surface area contributed by atoms with Crippen molar-refractivity contribution in [2.45, 2.75) is 19.8 Å². The first kappa shape index (κ1) is 21.2. The van der Waals surface area contributed by atoms with Crippen molar-refractivity contribution in [2.24, 2.45) is 5.10 Å². The monoisotopic (exact) mass is 411 g/mol. The molecule has 0 aromatic heterocycles. The molecular weight excluding hydrogens is 386 g/mol. The lowest BCUT2D eigenvalue weighted by Crippen LogP contribution is -2.32. The lowest BCUT2D eigenvalue weighted by atomic mass is 10.0. The molecule has 0 spiro atoms. The van der Waals surface area contributed by atoms with Gasteiger partial charge in [0.15, 0.2) is 11.5 Å². The Morgan fingerprint density at radius 2 is 1.87 bits per heavy atom. The van der Waals surface area contributed by atoms with Gasteiger partial charge in [0.1, 0.15) is 0 Å². The molecule has 30 heavy (non-hydrogen) atoms. The Morgan fingerprint density at radius 3 is 2.53 bits per heavy atom. The molecule has 1 aliphatic rings. The summed E-state index contributed by atoms with van der Waals surface area (Å²) in [5.41, 5.74) is 2.75. The van der Waals surface area contributed by atoms with Gasteiger partial charge in [-0.1, -0.05) is 0 Å². The Labute approximate surface area is 175 Å². The fourth-order valence-electron chi connectivity index (χ4n) is 3.13. The third-order valence-electron chi connectivity index (χ3n) is 4.62. The average Bonchev–Trinajstić information content (AvgIpc) is 2.79. The van der Waals surface area contributed by atoms with E-state index >= 15 is 0 Å². The molecule has 2 aromatic rings. The number of hydrogen-bond acceptors (Lipinski definition) is 6. The Balaban J connectivity index is 1.79. The summed E-state index contributed by atoms with van der Waals surface area (Å²) < 4.78 is 15.5. The number of nitrogens with zero attached hydrogens (tertiary/aromatic N) is 2. The van der Waals surface area contributed by atoms with E-state index in [1.54, 1.807) is 31.4 Å². The van der Waals surface area contributed by atoms with Gasteiger partial charge in [-0.25, -0.2) is 9.80 Å². The molecule has 8 heteroatoms. The van der Waals surface area contributed by atoms with Crippen LogP contribution in [-0.4, -0.2) is 50.1 Å². The maximum absolute atomic E-state index is 12.9. The predicted molar refractivity (Wildman–Crippen MR) is 113 cm³/mol. The van der Waals surface area contributed by atoms with Crippen LogP contribution in [0.3, 0.4) is 0 Å². The lowest BCUT2D eigenvalue weighted by molar-refractivity contribution is 0.0751. The van der Waals surface area contributed by atoms with Gasteiger partial charge in [0, 0.05) is 23.4 Å². The normalized spacial score (nSPS) is 13.3.